The van der Waals surface area contributed by atoms with Gasteiger partial charge in [-0.1, -0.05) is 73.0 Å². The van der Waals surface area contributed by atoms with Gasteiger partial charge in [0.25, 0.3) is 0 Å². The molecule has 0 saturated carbocycles. The molecule has 2 heterocycles. The Hall–Kier alpha value is -2.95. The second-order valence-corrected chi connectivity index (χ2v) is 9.31. The first-order valence-electron chi connectivity index (χ1n) is 11.7. The van der Waals surface area contributed by atoms with E-state index in [4.69, 9.17) is 16.6 Å². The predicted molar refractivity (Wildman–Crippen MR) is 136 cm³/mol. The Labute approximate surface area is 200 Å². The lowest BCUT2D eigenvalue weighted by Gasteiger charge is -2.19. The van der Waals surface area contributed by atoms with E-state index in [-0.39, 0.29) is 5.91 Å². The quantitative estimate of drug-likeness (QED) is 0.440. The Balaban J connectivity index is 1.46. The highest BCUT2D eigenvalue weighted by Gasteiger charge is 2.35. The molecule has 0 radical (unpaired) electrons. The predicted octanol–water partition coefficient (Wildman–Crippen LogP) is 6.57. The molecule has 1 N–H and O–H groups in total. The van der Waals surface area contributed by atoms with Crippen molar-refractivity contribution < 1.29 is 4.79 Å². The van der Waals surface area contributed by atoms with Crippen LogP contribution in [0.3, 0.4) is 0 Å². The first-order chi connectivity index (χ1) is 16.2. The lowest BCUT2D eigenvalue weighted by molar-refractivity contribution is -0.115. The summed E-state index contributed by atoms with van der Waals surface area (Å²) in [4.78, 5) is 20.6. The molecule has 1 amide bonds. The van der Waals surface area contributed by atoms with Gasteiger partial charge in [-0.05, 0) is 66.9 Å². The summed E-state index contributed by atoms with van der Waals surface area (Å²) in [6.07, 6.45) is 5.27. The first kappa shape index (κ1) is 21.9. The van der Waals surface area contributed by atoms with Gasteiger partial charge in [0.2, 0.25) is 5.91 Å². The smallest absolute Gasteiger partial charge is 0.238 e. The van der Waals surface area contributed by atoms with Crippen LogP contribution >= 0.6 is 11.6 Å². The zero-order chi connectivity index (χ0) is 22.6. The Morgan fingerprint density at radius 3 is 2.39 bits per heavy atom. The van der Waals surface area contributed by atoms with E-state index >= 15 is 0 Å². The van der Waals surface area contributed by atoms with Crippen molar-refractivity contribution in [1.82, 2.24) is 4.90 Å². The number of nitrogens with zero attached hydrogens (tertiary/aromatic N) is 2. The Morgan fingerprint density at radius 1 is 0.939 bits per heavy atom. The van der Waals surface area contributed by atoms with Crippen LogP contribution in [-0.2, 0) is 11.3 Å². The number of aliphatic imine (C=N–C) groups is 1. The average molecular weight is 458 g/mol. The minimum Gasteiger partial charge on any atom is -0.325 e. The molecule has 168 valence electrons. The van der Waals surface area contributed by atoms with Gasteiger partial charge in [-0.3, -0.25) is 14.7 Å². The molecule has 33 heavy (non-hydrogen) atoms. The summed E-state index contributed by atoms with van der Waals surface area (Å²) < 4.78 is 0. The molecule has 1 saturated heterocycles. The van der Waals surface area contributed by atoms with Gasteiger partial charge in [-0.25, -0.2) is 0 Å². The summed E-state index contributed by atoms with van der Waals surface area (Å²) in [5, 5.41) is 3.58. The number of rotatable bonds is 5. The van der Waals surface area contributed by atoms with Crippen molar-refractivity contribution in [3.8, 4) is 0 Å². The van der Waals surface area contributed by atoms with Crippen molar-refractivity contribution in [3.05, 3.63) is 94.5 Å². The molecule has 0 aliphatic carbocycles. The van der Waals surface area contributed by atoms with Crippen LogP contribution in [0.25, 0.3) is 0 Å². The average Bonchev–Trinajstić information content (AvgIpc) is 2.98. The molecule has 3 aromatic carbocycles. The van der Waals surface area contributed by atoms with Crippen LogP contribution in [0.15, 0.2) is 77.8 Å². The van der Waals surface area contributed by atoms with Crippen LogP contribution in [0.2, 0.25) is 5.02 Å². The fourth-order valence-corrected chi connectivity index (χ4v) is 4.95. The third kappa shape index (κ3) is 5.02. The number of halogens is 1. The van der Waals surface area contributed by atoms with E-state index in [9.17, 15) is 4.79 Å². The van der Waals surface area contributed by atoms with E-state index in [1.54, 1.807) is 6.07 Å². The van der Waals surface area contributed by atoms with Gasteiger partial charge in [0.15, 0.2) is 0 Å². The lowest BCUT2D eigenvalue weighted by Crippen LogP contribution is -2.23. The highest BCUT2D eigenvalue weighted by molar-refractivity contribution is 6.31. The number of likely N-dealkylation sites (tertiary alicyclic amines) is 1. The van der Waals surface area contributed by atoms with Crippen LogP contribution in [-0.4, -0.2) is 29.6 Å². The van der Waals surface area contributed by atoms with E-state index in [0.29, 0.717) is 5.02 Å². The zero-order valence-electron chi connectivity index (χ0n) is 18.6. The second-order valence-electron chi connectivity index (χ2n) is 8.87. The van der Waals surface area contributed by atoms with Crippen molar-refractivity contribution in [2.45, 2.75) is 38.1 Å². The number of hydrogen-bond acceptors (Lipinski definition) is 3. The second kappa shape index (κ2) is 9.90. The standard InChI is InChI=1S/C28H28ClN3O/c29-22-12-15-24-25(18-22)31-28(33)26(24)27(21-8-4-3-5-9-21)30-23-13-10-20(11-14-23)19-32-16-6-1-2-7-17-32/h3-5,8-15,18,26H,1-2,6-7,16-17,19H2,(H,31,33). The van der Waals surface area contributed by atoms with Crippen molar-refractivity contribution in [2.24, 2.45) is 4.99 Å². The fraction of sp³-hybridized carbons (Fsp3) is 0.286. The molecule has 1 atom stereocenters. The molecule has 1 unspecified atom stereocenters. The third-order valence-corrected chi connectivity index (χ3v) is 6.72. The molecule has 5 heteroatoms. The maximum absolute atomic E-state index is 13.0. The van der Waals surface area contributed by atoms with Crippen LogP contribution in [0.1, 0.15) is 48.3 Å². The van der Waals surface area contributed by atoms with Gasteiger partial charge >= 0.3 is 0 Å². The first-order valence-corrected chi connectivity index (χ1v) is 12.1. The summed E-state index contributed by atoms with van der Waals surface area (Å²) in [5.74, 6) is -0.552. The van der Waals surface area contributed by atoms with Gasteiger partial charge in [-0.15, -0.1) is 0 Å². The fourth-order valence-electron chi connectivity index (χ4n) is 4.78. The number of nitrogens with one attached hydrogen (secondary N) is 1. The van der Waals surface area contributed by atoms with Gasteiger partial charge < -0.3 is 5.32 Å². The van der Waals surface area contributed by atoms with Crippen molar-refractivity contribution in [1.29, 1.82) is 0 Å². The normalized spacial score (nSPS) is 19.1. The van der Waals surface area contributed by atoms with Gasteiger partial charge in [-0.2, -0.15) is 0 Å². The van der Waals surface area contributed by atoms with Crippen molar-refractivity contribution >= 4 is 34.6 Å². The SMILES string of the molecule is O=C1Nc2cc(Cl)ccc2C1C(=Nc1ccc(CN2CCCCCC2)cc1)c1ccccc1. The maximum atomic E-state index is 13.0. The number of benzene rings is 3. The van der Waals surface area contributed by atoms with Crippen LogP contribution in [0.5, 0.6) is 0 Å². The minimum absolute atomic E-state index is 0.0762. The Kier molecular flexibility index (Phi) is 6.56. The molecule has 0 bridgehead atoms. The number of amides is 1. The highest BCUT2D eigenvalue weighted by atomic mass is 35.5. The summed E-state index contributed by atoms with van der Waals surface area (Å²) in [5.41, 5.74) is 5.50. The van der Waals surface area contributed by atoms with Crippen LogP contribution in [0, 0.1) is 0 Å². The van der Waals surface area contributed by atoms with E-state index in [1.807, 2.05) is 42.5 Å². The highest BCUT2D eigenvalue weighted by Crippen LogP contribution is 2.37. The van der Waals surface area contributed by atoms with Gasteiger partial charge in [0.05, 0.1) is 11.4 Å². The van der Waals surface area contributed by atoms with E-state index in [0.717, 1.165) is 34.8 Å². The molecule has 0 spiro atoms. The molecule has 1 fully saturated rings. The molecular formula is C28H28ClN3O. The Morgan fingerprint density at radius 2 is 1.67 bits per heavy atom. The van der Waals surface area contributed by atoms with E-state index in [2.05, 4.69) is 34.5 Å². The molecule has 4 nitrogen and oxygen atoms in total. The van der Waals surface area contributed by atoms with Crippen LogP contribution < -0.4 is 5.32 Å². The van der Waals surface area contributed by atoms with Gasteiger partial charge in [0, 0.05) is 17.3 Å². The molecule has 2 aliphatic heterocycles. The van der Waals surface area contributed by atoms with E-state index in [1.165, 1.54) is 44.3 Å². The number of fused-ring (bicyclic) bond motifs is 1. The van der Waals surface area contributed by atoms with E-state index < -0.39 is 5.92 Å². The summed E-state index contributed by atoms with van der Waals surface area (Å²) >= 11 is 6.15. The third-order valence-electron chi connectivity index (χ3n) is 6.48. The number of carbonyl (C=O) groups is 1. The molecule has 3 aromatic rings. The molecule has 0 aromatic heterocycles. The lowest BCUT2D eigenvalue weighted by atomic mass is 9.90. The van der Waals surface area contributed by atoms with Gasteiger partial charge in [0.1, 0.15) is 5.92 Å². The number of carbonyl (C=O) groups excluding carboxylic acids is 1. The largest absolute Gasteiger partial charge is 0.325 e. The monoisotopic (exact) mass is 457 g/mol. The van der Waals surface area contributed by atoms with Crippen molar-refractivity contribution in [2.75, 3.05) is 18.4 Å². The molecule has 2 aliphatic rings. The van der Waals surface area contributed by atoms with Crippen molar-refractivity contribution in [3.63, 3.8) is 0 Å². The number of hydrogen-bond donors (Lipinski definition) is 1. The zero-order valence-corrected chi connectivity index (χ0v) is 19.4. The summed E-state index contributed by atoms with van der Waals surface area (Å²) in [7, 11) is 0. The summed E-state index contributed by atoms with van der Waals surface area (Å²) in [6, 6.07) is 23.9. The topological polar surface area (TPSA) is 44.7 Å². The Bertz CT molecular complexity index is 1150. The van der Waals surface area contributed by atoms with Crippen LogP contribution in [0.4, 0.5) is 11.4 Å². The molecular weight excluding hydrogens is 430 g/mol. The maximum Gasteiger partial charge on any atom is 0.238 e. The summed E-state index contributed by atoms with van der Waals surface area (Å²) in [6.45, 7) is 3.34. The number of anilines is 1. The minimum atomic E-state index is -0.476. The molecule has 5 rings (SSSR count).